The van der Waals surface area contributed by atoms with E-state index in [1.807, 2.05) is 0 Å². The molecule has 0 radical (unpaired) electrons. The van der Waals surface area contributed by atoms with Crippen molar-refractivity contribution < 1.29 is 19.8 Å². The van der Waals surface area contributed by atoms with Crippen LogP contribution in [-0.2, 0) is 4.79 Å². The molecule has 1 rings (SSSR count). The molecule has 1 atom stereocenters. The van der Waals surface area contributed by atoms with E-state index in [4.69, 9.17) is 5.73 Å². The molecule has 3 amide bonds. The molecule has 0 spiro atoms. The van der Waals surface area contributed by atoms with Crippen LogP contribution in [0, 0.1) is 0 Å². The van der Waals surface area contributed by atoms with E-state index in [9.17, 15) is 19.8 Å². The van der Waals surface area contributed by atoms with Crippen LogP contribution < -0.4 is 16.4 Å². The molecule has 7 nitrogen and oxygen atoms in total. The molecule has 0 aliphatic carbocycles. The van der Waals surface area contributed by atoms with Crippen molar-refractivity contribution in [2.45, 2.75) is 18.5 Å². The molecule has 0 aliphatic rings. The molecule has 1 aromatic rings. The van der Waals surface area contributed by atoms with Gasteiger partial charge in [-0.05, 0) is 12.5 Å². The number of nitrogens with two attached hydrogens (primary N) is 1. The van der Waals surface area contributed by atoms with E-state index in [1.165, 1.54) is 6.92 Å². The fourth-order valence-electron chi connectivity index (χ4n) is 1.59. The monoisotopic (exact) mass is 281 g/mol. The maximum Gasteiger partial charge on any atom is 0.313 e. The number of aliphatic hydroxyl groups excluding tert-OH is 2. The average Bonchev–Trinajstić information content (AvgIpc) is 2.45. The molecule has 0 fully saturated rings. The number of nitrogens with one attached hydrogen (secondary N) is 2. The second-order valence-corrected chi connectivity index (χ2v) is 4.72. The lowest BCUT2D eigenvalue weighted by Crippen LogP contribution is -2.55. The quantitative estimate of drug-likeness (QED) is 0.470. The van der Waals surface area contributed by atoms with E-state index in [2.05, 4.69) is 10.6 Å². The number of amides is 3. The molecule has 0 saturated carbocycles. The molecule has 0 aromatic heterocycles. The highest BCUT2D eigenvalue weighted by atomic mass is 16.3. The van der Waals surface area contributed by atoms with E-state index in [0.717, 1.165) is 0 Å². The lowest BCUT2D eigenvalue weighted by atomic mass is 10.0. The standard InChI is InChI=1S/C13H19N3O4/c1-13(7-17,8-18)16-11(19)10(15-12(14)20)9-5-3-2-4-6-9/h2-6,10,17-18H,7-8H2,1H3,(H,16,19)(H3,14,15,20). The summed E-state index contributed by atoms with van der Waals surface area (Å²) in [5, 5.41) is 23.2. The number of benzene rings is 1. The molecule has 1 unspecified atom stereocenters. The molecule has 0 heterocycles. The predicted octanol–water partition coefficient (Wildman–Crippen LogP) is -0.744. The van der Waals surface area contributed by atoms with E-state index in [1.54, 1.807) is 30.3 Å². The zero-order valence-corrected chi connectivity index (χ0v) is 11.2. The van der Waals surface area contributed by atoms with Gasteiger partial charge in [-0.2, -0.15) is 0 Å². The topological polar surface area (TPSA) is 125 Å². The summed E-state index contributed by atoms with van der Waals surface area (Å²) < 4.78 is 0. The molecule has 1 aromatic carbocycles. The summed E-state index contributed by atoms with van der Waals surface area (Å²) in [7, 11) is 0. The highest BCUT2D eigenvalue weighted by Crippen LogP contribution is 2.14. The van der Waals surface area contributed by atoms with Gasteiger partial charge in [-0.3, -0.25) is 4.79 Å². The first-order valence-corrected chi connectivity index (χ1v) is 6.06. The third-order valence-corrected chi connectivity index (χ3v) is 2.80. The molecule has 0 bridgehead atoms. The van der Waals surface area contributed by atoms with Gasteiger partial charge in [0.1, 0.15) is 6.04 Å². The largest absolute Gasteiger partial charge is 0.394 e. The summed E-state index contributed by atoms with van der Waals surface area (Å²) in [4.78, 5) is 23.2. The van der Waals surface area contributed by atoms with Crippen LogP contribution in [-0.4, -0.2) is 40.9 Å². The smallest absolute Gasteiger partial charge is 0.313 e. The van der Waals surface area contributed by atoms with Gasteiger partial charge < -0.3 is 26.6 Å². The Morgan fingerprint density at radius 3 is 2.25 bits per heavy atom. The molecule has 7 heteroatoms. The molecule has 0 saturated heterocycles. The fraction of sp³-hybridized carbons (Fsp3) is 0.385. The summed E-state index contributed by atoms with van der Waals surface area (Å²) in [5.41, 5.74) is 4.43. The highest BCUT2D eigenvalue weighted by molar-refractivity contribution is 5.88. The normalized spacial score (nSPS) is 12.6. The van der Waals surface area contributed by atoms with Gasteiger partial charge in [0.2, 0.25) is 5.91 Å². The van der Waals surface area contributed by atoms with Crippen molar-refractivity contribution in [1.29, 1.82) is 0 Å². The molecular formula is C13H19N3O4. The number of hydrogen-bond acceptors (Lipinski definition) is 4. The van der Waals surface area contributed by atoms with Crippen molar-refractivity contribution in [1.82, 2.24) is 10.6 Å². The van der Waals surface area contributed by atoms with Gasteiger partial charge in [0, 0.05) is 0 Å². The highest BCUT2D eigenvalue weighted by Gasteiger charge is 2.30. The van der Waals surface area contributed by atoms with Crippen molar-refractivity contribution in [3.63, 3.8) is 0 Å². The zero-order chi connectivity index (χ0) is 15.2. The van der Waals surface area contributed by atoms with Crippen LogP contribution in [0.25, 0.3) is 0 Å². The molecule has 110 valence electrons. The van der Waals surface area contributed by atoms with E-state index in [0.29, 0.717) is 5.56 Å². The van der Waals surface area contributed by atoms with Gasteiger partial charge in [0.15, 0.2) is 0 Å². The van der Waals surface area contributed by atoms with Gasteiger partial charge in [0.25, 0.3) is 0 Å². The SMILES string of the molecule is CC(CO)(CO)NC(=O)C(NC(N)=O)c1ccccc1. The number of aliphatic hydroxyl groups is 2. The van der Waals surface area contributed by atoms with Crippen molar-refractivity contribution in [3.05, 3.63) is 35.9 Å². The Bertz CT molecular complexity index is 460. The molecular weight excluding hydrogens is 262 g/mol. The lowest BCUT2D eigenvalue weighted by molar-refractivity contribution is -0.126. The summed E-state index contributed by atoms with van der Waals surface area (Å²) >= 11 is 0. The zero-order valence-electron chi connectivity index (χ0n) is 11.2. The van der Waals surface area contributed by atoms with E-state index >= 15 is 0 Å². The number of rotatable bonds is 6. The summed E-state index contributed by atoms with van der Waals surface area (Å²) in [6.45, 7) is 0.609. The van der Waals surface area contributed by atoms with Gasteiger partial charge >= 0.3 is 6.03 Å². The van der Waals surface area contributed by atoms with Crippen LogP contribution >= 0.6 is 0 Å². The Labute approximate surface area is 116 Å². The van der Waals surface area contributed by atoms with Crippen molar-refractivity contribution >= 4 is 11.9 Å². The van der Waals surface area contributed by atoms with E-state index < -0.39 is 36.7 Å². The Balaban J connectivity index is 2.94. The predicted molar refractivity (Wildman–Crippen MR) is 72.6 cm³/mol. The van der Waals surface area contributed by atoms with Gasteiger partial charge in [-0.25, -0.2) is 4.79 Å². The number of urea groups is 1. The number of hydrogen-bond donors (Lipinski definition) is 5. The molecule has 0 aliphatic heterocycles. The average molecular weight is 281 g/mol. The minimum atomic E-state index is -1.18. The Kier molecular flexibility index (Phi) is 5.48. The van der Waals surface area contributed by atoms with Crippen LogP contribution in [0.1, 0.15) is 18.5 Å². The molecule has 6 N–H and O–H groups in total. The van der Waals surface area contributed by atoms with Gasteiger partial charge in [-0.15, -0.1) is 0 Å². The fourth-order valence-corrected chi connectivity index (χ4v) is 1.59. The summed E-state index contributed by atoms with van der Waals surface area (Å²) in [6.07, 6.45) is 0. The van der Waals surface area contributed by atoms with Gasteiger partial charge in [-0.1, -0.05) is 30.3 Å². The van der Waals surface area contributed by atoms with E-state index in [-0.39, 0.29) is 0 Å². The minimum Gasteiger partial charge on any atom is -0.394 e. The Hall–Kier alpha value is -2.12. The van der Waals surface area contributed by atoms with Crippen molar-refractivity contribution in [3.8, 4) is 0 Å². The summed E-state index contributed by atoms with van der Waals surface area (Å²) in [5.74, 6) is -0.569. The maximum absolute atomic E-state index is 12.2. The van der Waals surface area contributed by atoms with Gasteiger partial charge in [0.05, 0.1) is 18.8 Å². The lowest BCUT2D eigenvalue weighted by Gasteiger charge is -2.29. The Morgan fingerprint density at radius 1 is 1.25 bits per heavy atom. The van der Waals surface area contributed by atoms with Crippen molar-refractivity contribution in [2.24, 2.45) is 5.73 Å². The van der Waals surface area contributed by atoms with Crippen LogP contribution in [0.4, 0.5) is 4.79 Å². The van der Waals surface area contributed by atoms with Crippen molar-refractivity contribution in [2.75, 3.05) is 13.2 Å². The first kappa shape index (κ1) is 15.9. The third-order valence-electron chi connectivity index (χ3n) is 2.80. The Morgan fingerprint density at radius 2 is 1.80 bits per heavy atom. The number of carbonyl (C=O) groups excluding carboxylic acids is 2. The maximum atomic E-state index is 12.2. The number of primary amides is 1. The second-order valence-electron chi connectivity index (χ2n) is 4.72. The summed E-state index contributed by atoms with van der Waals surface area (Å²) in [6, 6.07) is 6.69. The number of carbonyl (C=O) groups is 2. The van der Waals surface area contributed by atoms with Crippen LogP contribution in [0.2, 0.25) is 0 Å². The van der Waals surface area contributed by atoms with Crippen LogP contribution in [0.3, 0.4) is 0 Å². The molecule has 20 heavy (non-hydrogen) atoms. The second kappa shape index (κ2) is 6.88. The first-order valence-electron chi connectivity index (χ1n) is 6.06. The minimum absolute atomic E-state index is 0.437. The van der Waals surface area contributed by atoms with Crippen LogP contribution in [0.15, 0.2) is 30.3 Å². The first-order chi connectivity index (χ1) is 9.41. The van der Waals surface area contributed by atoms with Crippen LogP contribution in [0.5, 0.6) is 0 Å². The third kappa shape index (κ3) is 4.22.